The summed E-state index contributed by atoms with van der Waals surface area (Å²) in [6.07, 6.45) is 1.41. The molecule has 0 aliphatic carbocycles. The Kier molecular flexibility index (Phi) is 4.07. The summed E-state index contributed by atoms with van der Waals surface area (Å²) in [4.78, 5) is 12.3. The molecule has 0 aliphatic rings. The Labute approximate surface area is 131 Å². The summed E-state index contributed by atoms with van der Waals surface area (Å²) in [5.41, 5.74) is 2.16. The Hall–Kier alpha value is -3.53. The molecule has 23 heavy (non-hydrogen) atoms. The van der Waals surface area contributed by atoms with Crippen molar-refractivity contribution >= 4 is 5.97 Å². The molecule has 0 unspecified atom stereocenters. The van der Waals surface area contributed by atoms with Crippen molar-refractivity contribution < 1.29 is 9.53 Å². The predicted octanol–water partition coefficient (Wildman–Crippen LogP) is 1.89. The summed E-state index contributed by atoms with van der Waals surface area (Å²) in [7, 11) is 0. The van der Waals surface area contributed by atoms with E-state index in [1.54, 1.807) is 48.5 Å². The minimum Gasteiger partial charge on any atom is -0.457 e. The molecule has 3 rings (SSSR count). The van der Waals surface area contributed by atoms with Crippen molar-refractivity contribution in [3.05, 3.63) is 71.5 Å². The molecule has 0 spiro atoms. The van der Waals surface area contributed by atoms with Gasteiger partial charge in [0, 0.05) is 0 Å². The smallest absolute Gasteiger partial charge is 0.340 e. The van der Waals surface area contributed by atoms with Gasteiger partial charge in [-0.15, -0.1) is 5.10 Å². The van der Waals surface area contributed by atoms with Gasteiger partial charge >= 0.3 is 5.97 Å². The Morgan fingerprint density at radius 3 is 2.87 bits per heavy atom. The fourth-order valence-electron chi connectivity index (χ4n) is 2.07. The third-order valence-electron chi connectivity index (χ3n) is 3.15. The molecule has 0 aliphatic heterocycles. The van der Waals surface area contributed by atoms with E-state index >= 15 is 0 Å². The Morgan fingerprint density at radius 1 is 1.22 bits per heavy atom. The van der Waals surface area contributed by atoms with Gasteiger partial charge in [0.25, 0.3) is 0 Å². The van der Waals surface area contributed by atoms with Gasteiger partial charge in [-0.3, -0.25) is 0 Å². The van der Waals surface area contributed by atoms with Crippen LogP contribution in [0.5, 0.6) is 0 Å². The number of nitrogens with zero attached hydrogens (tertiary/aromatic N) is 5. The fourth-order valence-corrected chi connectivity index (χ4v) is 2.07. The SMILES string of the molecule is N#Cc1cccc(COC(=O)c2ccccc2-n2cnnn2)c1. The average molecular weight is 305 g/mol. The van der Waals surface area contributed by atoms with Gasteiger partial charge in [0.05, 0.1) is 22.9 Å². The summed E-state index contributed by atoms with van der Waals surface area (Å²) >= 11 is 0. The highest BCUT2D eigenvalue weighted by Gasteiger charge is 2.14. The van der Waals surface area contributed by atoms with Crippen LogP contribution in [-0.2, 0) is 11.3 Å². The molecule has 0 radical (unpaired) electrons. The summed E-state index contributed by atoms with van der Waals surface area (Å²) in [6.45, 7) is 0.0816. The maximum atomic E-state index is 12.3. The number of nitriles is 1. The summed E-state index contributed by atoms with van der Waals surface area (Å²) in [6, 6.07) is 15.9. The number of carbonyl (C=O) groups excluding carboxylic acids is 1. The van der Waals surface area contributed by atoms with E-state index in [0.717, 1.165) is 5.56 Å². The number of para-hydroxylation sites is 1. The van der Waals surface area contributed by atoms with Crippen molar-refractivity contribution in [3.63, 3.8) is 0 Å². The lowest BCUT2D eigenvalue weighted by Crippen LogP contribution is -2.10. The van der Waals surface area contributed by atoms with Crippen LogP contribution in [0.15, 0.2) is 54.9 Å². The van der Waals surface area contributed by atoms with Crippen molar-refractivity contribution in [1.29, 1.82) is 5.26 Å². The van der Waals surface area contributed by atoms with Crippen LogP contribution in [0.2, 0.25) is 0 Å². The lowest BCUT2D eigenvalue weighted by Gasteiger charge is -2.09. The van der Waals surface area contributed by atoms with Crippen molar-refractivity contribution in [2.24, 2.45) is 0 Å². The number of hydrogen-bond donors (Lipinski definition) is 0. The number of hydrogen-bond acceptors (Lipinski definition) is 6. The van der Waals surface area contributed by atoms with Crippen LogP contribution in [0, 0.1) is 11.3 Å². The number of rotatable bonds is 4. The molecule has 7 nitrogen and oxygen atoms in total. The molecule has 0 bridgehead atoms. The Balaban J connectivity index is 1.78. The third-order valence-corrected chi connectivity index (χ3v) is 3.15. The molecule has 112 valence electrons. The van der Waals surface area contributed by atoms with Crippen LogP contribution in [0.1, 0.15) is 21.5 Å². The lowest BCUT2D eigenvalue weighted by molar-refractivity contribution is 0.0472. The van der Waals surface area contributed by atoms with Gasteiger partial charge in [-0.1, -0.05) is 24.3 Å². The molecule has 0 saturated heterocycles. The monoisotopic (exact) mass is 305 g/mol. The maximum Gasteiger partial charge on any atom is 0.340 e. The zero-order valence-electron chi connectivity index (χ0n) is 12.0. The van der Waals surface area contributed by atoms with Gasteiger partial charge < -0.3 is 4.74 Å². The first-order chi connectivity index (χ1) is 11.3. The topological polar surface area (TPSA) is 93.7 Å². The first kappa shape index (κ1) is 14.4. The van der Waals surface area contributed by atoms with Gasteiger partial charge in [0.15, 0.2) is 0 Å². The molecule has 2 aromatic carbocycles. The zero-order chi connectivity index (χ0) is 16.1. The first-order valence-electron chi connectivity index (χ1n) is 6.76. The molecule has 0 saturated carbocycles. The molecular formula is C16H11N5O2. The highest BCUT2D eigenvalue weighted by molar-refractivity contribution is 5.93. The fraction of sp³-hybridized carbons (Fsp3) is 0.0625. The van der Waals surface area contributed by atoms with E-state index in [9.17, 15) is 4.79 Å². The van der Waals surface area contributed by atoms with E-state index in [-0.39, 0.29) is 6.61 Å². The predicted molar refractivity (Wildman–Crippen MR) is 79.4 cm³/mol. The second-order valence-corrected chi connectivity index (χ2v) is 4.66. The summed E-state index contributed by atoms with van der Waals surface area (Å²) < 4.78 is 6.72. The maximum absolute atomic E-state index is 12.3. The van der Waals surface area contributed by atoms with E-state index in [4.69, 9.17) is 10.00 Å². The number of tetrazole rings is 1. The van der Waals surface area contributed by atoms with E-state index in [2.05, 4.69) is 15.5 Å². The van der Waals surface area contributed by atoms with Gasteiger partial charge in [-0.25, -0.2) is 4.79 Å². The zero-order valence-corrected chi connectivity index (χ0v) is 12.0. The Morgan fingerprint density at radius 2 is 2.09 bits per heavy atom. The van der Waals surface area contributed by atoms with Crippen molar-refractivity contribution in [1.82, 2.24) is 20.2 Å². The summed E-state index contributed by atoms with van der Waals surface area (Å²) in [5.74, 6) is -0.488. The van der Waals surface area contributed by atoms with Crippen LogP contribution < -0.4 is 0 Å². The van der Waals surface area contributed by atoms with Crippen LogP contribution >= 0.6 is 0 Å². The Bertz CT molecular complexity index is 868. The molecule has 0 amide bonds. The van der Waals surface area contributed by atoms with E-state index in [1.165, 1.54) is 11.0 Å². The highest BCUT2D eigenvalue weighted by atomic mass is 16.5. The van der Waals surface area contributed by atoms with Gasteiger partial charge in [-0.2, -0.15) is 9.94 Å². The summed E-state index contributed by atoms with van der Waals surface area (Å²) in [5, 5.41) is 19.8. The highest BCUT2D eigenvalue weighted by Crippen LogP contribution is 2.15. The normalized spacial score (nSPS) is 10.0. The first-order valence-corrected chi connectivity index (χ1v) is 6.76. The number of aromatic nitrogens is 4. The van der Waals surface area contributed by atoms with Crippen molar-refractivity contribution in [2.45, 2.75) is 6.61 Å². The largest absolute Gasteiger partial charge is 0.457 e. The molecule has 1 aromatic heterocycles. The van der Waals surface area contributed by atoms with Crippen LogP contribution in [-0.4, -0.2) is 26.2 Å². The van der Waals surface area contributed by atoms with Crippen LogP contribution in [0.25, 0.3) is 5.69 Å². The minimum atomic E-state index is -0.488. The molecule has 0 fully saturated rings. The van der Waals surface area contributed by atoms with Crippen molar-refractivity contribution in [2.75, 3.05) is 0 Å². The van der Waals surface area contributed by atoms with Crippen molar-refractivity contribution in [3.8, 4) is 11.8 Å². The second-order valence-electron chi connectivity index (χ2n) is 4.66. The quantitative estimate of drug-likeness (QED) is 0.683. The van der Waals surface area contributed by atoms with E-state index < -0.39 is 5.97 Å². The van der Waals surface area contributed by atoms with Crippen LogP contribution in [0.3, 0.4) is 0 Å². The van der Waals surface area contributed by atoms with Crippen LogP contribution in [0.4, 0.5) is 0 Å². The third kappa shape index (κ3) is 3.22. The molecule has 0 N–H and O–H groups in total. The minimum absolute atomic E-state index is 0.0816. The van der Waals surface area contributed by atoms with Gasteiger partial charge in [0.2, 0.25) is 0 Å². The molecular weight excluding hydrogens is 294 g/mol. The number of benzene rings is 2. The van der Waals surface area contributed by atoms with E-state index in [1.807, 2.05) is 6.07 Å². The van der Waals surface area contributed by atoms with Gasteiger partial charge in [0.1, 0.15) is 12.9 Å². The molecule has 3 aromatic rings. The van der Waals surface area contributed by atoms with E-state index in [0.29, 0.717) is 16.8 Å². The number of esters is 1. The second kappa shape index (κ2) is 6.49. The lowest BCUT2D eigenvalue weighted by atomic mass is 10.1. The van der Waals surface area contributed by atoms with Gasteiger partial charge in [-0.05, 0) is 40.3 Å². The molecule has 7 heteroatoms. The number of carbonyl (C=O) groups is 1. The average Bonchev–Trinajstić information content (AvgIpc) is 3.14. The number of ether oxygens (including phenoxy) is 1. The standard InChI is InChI=1S/C16H11N5O2/c17-9-12-4-3-5-13(8-12)10-23-16(22)14-6-1-2-7-15(14)21-11-18-19-20-21/h1-8,11H,10H2. The molecule has 1 heterocycles. The molecule has 0 atom stereocenters.